The summed E-state index contributed by atoms with van der Waals surface area (Å²) in [5.74, 6) is 0.459. The van der Waals surface area contributed by atoms with Crippen LogP contribution in [0.4, 0.5) is 0 Å². The van der Waals surface area contributed by atoms with Crippen LogP contribution >= 0.6 is 0 Å². The summed E-state index contributed by atoms with van der Waals surface area (Å²) in [5, 5.41) is 8.61. The van der Waals surface area contributed by atoms with Crippen LogP contribution in [0.5, 0.6) is 0 Å². The standard InChI is InChI=1S/C8H16O/c1-3-4-5-6-8(2)7-9/h3-4,8-9H,5-7H2,1-2H3. The monoisotopic (exact) mass is 128 g/mol. The molecule has 1 nitrogen and oxygen atoms in total. The van der Waals surface area contributed by atoms with Gasteiger partial charge in [0.1, 0.15) is 0 Å². The van der Waals surface area contributed by atoms with Crippen LogP contribution in [0.15, 0.2) is 12.2 Å². The lowest BCUT2D eigenvalue weighted by Gasteiger charge is -2.02. The molecule has 1 N–H and O–H groups in total. The van der Waals surface area contributed by atoms with Crippen molar-refractivity contribution >= 4 is 0 Å². The first kappa shape index (κ1) is 8.70. The Kier molecular flexibility index (Phi) is 5.64. The number of hydrogen-bond donors (Lipinski definition) is 1. The summed E-state index contributed by atoms with van der Waals surface area (Å²) in [6.45, 7) is 4.39. The highest BCUT2D eigenvalue weighted by Gasteiger charge is 1.95. The van der Waals surface area contributed by atoms with Crippen molar-refractivity contribution in [1.82, 2.24) is 0 Å². The van der Waals surface area contributed by atoms with Crippen LogP contribution in [-0.2, 0) is 0 Å². The lowest BCUT2D eigenvalue weighted by Crippen LogP contribution is -1.98. The van der Waals surface area contributed by atoms with E-state index in [0.29, 0.717) is 12.5 Å². The lowest BCUT2D eigenvalue weighted by atomic mass is 10.1. The first-order valence-electron chi connectivity index (χ1n) is 3.53. The van der Waals surface area contributed by atoms with Crippen LogP contribution in [-0.4, -0.2) is 11.7 Å². The molecule has 0 amide bonds. The number of hydrogen-bond acceptors (Lipinski definition) is 1. The van der Waals surface area contributed by atoms with Crippen LogP contribution in [0.2, 0.25) is 0 Å². The van der Waals surface area contributed by atoms with E-state index in [1.807, 2.05) is 13.0 Å². The molecule has 1 atom stereocenters. The van der Waals surface area contributed by atoms with Crippen molar-refractivity contribution in [2.75, 3.05) is 6.61 Å². The van der Waals surface area contributed by atoms with Gasteiger partial charge in [-0.1, -0.05) is 19.1 Å². The molecule has 0 aliphatic carbocycles. The zero-order chi connectivity index (χ0) is 7.11. The second-order valence-corrected chi connectivity index (χ2v) is 2.43. The van der Waals surface area contributed by atoms with E-state index in [1.54, 1.807) is 0 Å². The molecule has 0 aliphatic heterocycles. The normalized spacial score (nSPS) is 14.6. The molecule has 0 aromatic carbocycles. The fourth-order valence-electron chi connectivity index (χ4n) is 0.639. The van der Waals surface area contributed by atoms with E-state index in [2.05, 4.69) is 13.0 Å². The second kappa shape index (κ2) is 5.83. The molecule has 1 unspecified atom stereocenters. The highest BCUT2D eigenvalue weighted by Crippen LogP contribution is 2.03. The van der Waals surface area contributed by atoms with Crippen molar-refractivity contribution in [3.05, 3.63) is 12.2 Å². The number of rotatable bonds is 4. The highest BCUT2D eigenvalue weighted by molar-refractivity contribution is 4.76. The third-order valence-corrected chi connectivity index (χ3v) is 1.37. The summed E-state index contributed by atoms with van der Waals surface area (Å²) in [7, 11) is 0. The van der Waals surface area contributed by atoms with Crippen molar-refractivity contribution in [2.45, 2.75) is 26.7 Å². The van der Waals surface area contributed by atoms with Crippen molar-refractivity contribution in [3.63, 3.8) is 0 Å². The van der Waals surface area contributed by atoms with Crippen molar-refractivity contribution in [3.8, 4) is 0 Å². The first-order valence-corrected chi connectivity index (χ1v) is 3.53. The predicted octanol–water partition coefficient (Wildman–Crippen LogP) is 1.97. The molecule has 54 valence electrons. The van der Waals surface area contributed by atoms with Crippen LogP contribution < -0.4 is 0 Å². The topological polar surface area (TPSA) is 20.2 Å². The highest BCUT2D eigenvalue weighted by atomic mass is 16.3. The third-order valence-electron chi connectivity index (χ3n) is 1.37. The summed E-state index contributed by atoms with van der Waals surface area (Å²) in [6, 6.07) is 0. The van der Waals surface area contributed by atoms with Crippen LogP contribution in [0.1, 0.15) is 26.7 Å². The van der Waals surface area contributed by atoms with Gasteiger partial charge in [-0.2, -0.15) is 0 Å². The average molecular weight is 128 g/mol. The summed E-state index contributed by atoms with van der Waals surface area (Å²) in [5.41, 5.74) is 0. The molecule has 0 saturated carbocycles. The summed E-state index contributed by atoms with van der Waals surface area (Å²) in [6.07, 6.45) is 6.37. The Morgan fingerprint density at radius 2 is 2.22 bits per heavy atom. The number of allylic oxidation sites excluding steroid dienone is 2. The molecule has 0 heterocycles. The zero-order valence-corrected chi connectivity index (χ0v) is 6.30. The maximum absolute atomic E-state index is 8.61. The van der Waals surface area contributed by atoms with Gasteiger partial charge in [0.25, 0.3) is 0 Å². The number of aliphatic hydroxyl groups excluding tert-OH is 1. The summed E-state index contributed by atoms with van der Waals surface area (Å²) < 4.78 is 0. The van der Waals surface area contributed by atoms with Gasteiger partial charge in [-0.15, -0.1) is 0 Å². The molecule has 0 aromatic rings. The van der Waals surface area contributed by atoms with Gasteiger partial charge in [0, 0.05) is 6.61 Å². The Balaban J connectivity index is 3.06. The van der Waals surface area contributed by atoms with Gasteiger partial charge in [-0.05, 0) is 25.7 Å². The Bertz CT molecular complexity index is 76.6. The van der Waals surface area contributed by atoms with Crippen LogP contribution in [0.3, 0.4) is 0 Å². The van der Waals surface area contributed by atoms with Crippen LogP contribution in [0.25, 0.3) is 0 Å². The van der Waals surface area contributed by atoms with E-state index in [-0.39, 0.29) is 0 Å². The van der Waals surface area contributed by atoms with Crippen LogP contribution in [0, 0.1) is 5.92 Å². The minimum absolute atomic E-state index is 0.317. The summed E-state index contributed by atoms with van der Waals surface area (Å²) >= 11 is 0. The van der Waals surface area contributed by atoms with Gasteiger partial charge in [0.05, 0.1) is 0 Å². The molecule has 0 aliphatic rings. The molecule has 0 aromatic heterocycles. The SMILES string of the molecule is CC=CCCC(C)CO. The number of aliphatic hydroxyl groups is 1. The molecular weight excluding hydrogens is 112 g/mol. The van der Waals surface area contributed by atoms with Gasteiger partial charge in [0.2, 0.25) is 0 Å². The fraction of sp³-hybridized carbons (Fsp3) is 0.750. The van der Waals surface area contributed by atoms with Gasteiger partial charge < -0.3 is 5.11 Å². The molecule has 0 saturated heterocycles. The van der Waals surface area contributed by atoms with E-state index >= 15 is 0 Å². The van der Waals surface area contributed by atoms with Crippen molar-refractivity contribution in [2.24, 2.45) is 5.92 Å². The van der Waals surface area contributed by atoms with E-state index < -0.39 is 0 Å². The minimum Gasteiger partial charge on any atom is -0.396 e. The van der Waals surface area contributed by atoms with Crippen molar-refractivity contribution < 1.29 is 5.11 Å². The third kappa shape index (κ3) is 5.57. The Hall–Kier alpha value is -0.300. The van der Waals surface area contributed by atoms with Crippen molar-refractivity contribution in [1.29, 1.82) is 0 Å². The molecular formula is C8H16O. The molecule has 1 heteroatoms. The predicted molar refractivity (Wildman–Crippen MR) is 40.3 cm³/mol. The summed E-state index contributed by atoms with van der Waals surface area (Å²) in [4.78, 5) is 0. The van der Waals surface area contributed by atoms with E-state index in [1.165, 1.54) is 0 Å². The largest absolute Gasteiger partial charge is 0.396 e. The first-order chi connectivity index (χ1) is 4.31. The minimum atomic E-state index is 0.317. The van der Waals surface area contributed by atoms with Gasteiger partial charge in [-0.25, -0.2) is 0 Å². The van der Waals surface area contributed by atoms with Gasteiger partial charge in [0.15, 0.2) is 0 Å². The Labute approximate surface area is 57.4 Å². The van der Waals surface area contributed by atoms with E-state index in [9.17, 15) is 0 Å². The zero-order valence-electron chi connectivity index (χ0n) is 6.30. The molecule has 9 heavy (non-hydrogen) atoms. The quantitative estimate of drug-likeness (QED) is 0.574. The maximum atomic E-state index is 8.61. The molecule has 0 spiro atoms. The van der Waals surface area contributed by atoms with E-state index in [0.717, 1.165) is 12.8 Å². The second-order valence-electron chi connectivity index (χ2n) is 2.43. The molecule has 0 radical (unpaired) electrons. The van der Waals surface area contributed by atoms with Gasteiger partial charge in [-0.3, -0.25) is 0 Å². The molecule has 0 rings (SSSR count). The molecule has 0 fully saturated rings. The Morgan fingerprint density at radius 3 is 2.67 bits per heavy atom. The lowest BCUT2D eigenvalue weighted by molar-refractivity contribution is 0.231. The fourth-order valence-corrected chi connectivity index (χ4v) is 0.639. The average Bonchev–Trinajstić information content (AvgIpc) is 1.89. The smallest absolute Gasteiger partial charge is 0.0456 e. The van der Waals surface area contributed by atoms with Gasteiger partial charge >= 0.3 is 0 Å². The Morgan fingerprint density at radius 1 is 1.56 bits per heavy atom. The van der Waals surface area contributed by atoms with E-state index in [4.69, 9.17) is 5.11 Å². The molecule has 0 bridgehead atoms. The maximum Gasteiger partial charge on any atom is 0.0456 e.